The monoisotopic (exact) mass is 495 g/mol. The fourth-order valence-corrected chi connectivity index (χ4v) is 5.04. The van der Waals surface area contributed by atoms with E-state index in [1.807, 2.05) is 41.2 Å². The first-order chi connectivity index (χ1) is 18.0. The maximum Gasteiger partial charge on any atom is 0.318 e. The molecule has 1 fully saturated rings. The Balaban J connectivity index is 1.27. The maximum atomic E-state index is 9.69. The van der Waals surface area contributed by atoms with Gasteiger partial charge in [-0.05, 0) is 45.2 Å². The van der Waals surface area contributed by atoms with Gasteiger partial charge in [0.05, 0.1) is 17.6 Å². The molecule has 0 spiro atoms. The van der Waals surface area contributed by atoms with E-state index in [0.717, 1.165) is 65.4 Å². The molecule has 5 heterocycles. The van der Waals surface area contributed by atoms with Crippen molar-refractivity contribution in [3.8, 4) is 22.4 Å². The minimum atomic E-state index is -0.769. The van der Waals surface area contributed by atoms with Gasteiger partial charge < -0.3 is 14.4 Å². The fraction of sp³-hybridized carbons (Fsp3) is 0.321. The first-order valence-electron chi connectivity index (χ1n) is 12.6. The highest BCUT2D eigenvalue weighted by molar-refractivity contribution is 5.78. The van der Waals surface area contributed by atoms with Crippen LogP contribution in [0, 0.1) is 13.8 Å². The second-order valence-corrected chi connectivity index (χ2v) is 9.66. The van der Waals surface area contributed by atoms with Gasteiger partial charge in [0.2, 0.25) is 5.89 Å². The fourth-order valence-electron chi connectivity index (χ4n) is 5.04. The Morgan fingerprint density at radius 1 is 0.973 bits per heavy atom. The molecule has 9 nitrogen and oxygen atoms in total. The zero-order chi connectivity index (χ0) is 25.5. The van der Waals surface area contributed by atoms with E-state index >= 15 is 0 Å². The summed E-state index contributed by atoms with van der Waals surface area (Å²) in [6.07, 6.45) is 4.87. The van der Waals surface area contributed by atoms with Crippen LogP contribution < -0.4 is 4.90 Å². The van der Waals surface area contributed by atoms with Crippen LogP contribution in [0.3, 0.4) is 0 Å². The Bertz CT molecular complexity index is 1530. The Morgan fingerprint density at radius 3 is 2.43 bits per heavy atom. The minimum absolute atomic E-state index is 0.246. The van der Waals surface area contributed by atoms with Crippen LogP contribution in [0.4, 0.5) is 6.01 Å². The predicted octanol–water partition coefficient (Wildman–Crippen LogP) is 4.90. The number of benzene rings is 1. The highest BCUT2D eigenvalue weighted by Gasteiger charge is 2.28. The van der Waals surface area contributed by atoms with E-state index in [9.17, 15) is 5.11 Å². The van der Waals surface area contributed by atoms with Crippen molar-refractivity contribution >= 4 is 11.7 Å². The van der Waals surface area contributed by atoms with Crippen LogP contribution in [0.15, 0.2) is 59.3 Å². The van der Waals surface area contributed by atoms with E-state index in [1.54, 1.807) is 6.92 Å². The molecule has 1 aromatic carbocycles. The van der Waals surface area contributed by atoms with E-state index in [4.69, 9.17) is 14.4 Å². The van der Waals surface area contributed by atoms with Crippen molar-refractivity contribution < 1.29 is 9.52 Å². The van der Waals surface area contributed by atoms with Gasteiger partial charge in [-0.25, -0.2) is 9.50 Å². The summed E-state index contributed by atoms with van der Waals surface area (Å²) in [6, 6.07) is 14.8. The molecule has 1 atom stereocenters. The lowest BCUT2D eigenvalue weighted by Gasteiger charge is -2.31. The number of pyridine rings is 1. The van der Waals surface area contributed by atoms with Gasteiger partial charge in [-0.1, -0.05) is 41.5 Å². The number of hydrogen-bond donors (Lipinski definition) is 1. The number of rotatable bonds is 5. The summed E-state index contributed by atoms with van der Waals surface area (Å²) in [7, 11) is 0. The van der Waals surface area contributed by atoms with Crippen LogP contribution in [-0.2, 0) is 0 Å². The molecule has 1 N–H and O–H groups in total. The van der Waals surface area contributed by atoms with Gasteiger partial charge in [-0.3, -0.25) is 4.98 Å². The molecule has 0 amide bonds. The first-order valence-corrected chi connectivity index (χ1v) is 12.6. The van der Waals surface area contributed by atoms with Crippen molar-refractivity contribution in [3.63, 3.8) is 0 Å². The number of aryl methyl sites for hydroxylation is 1. The molecule has 0 aliphatic carbocycles. The zero-order valence-corrected chi connectivity index (χ0v) is 21.2. The normalized spacial score (nSPS) is 15.4. The summed E-state index contributed by atoms with van der Waals surface area (Å²) in [5.41, 5.74) is 8.25. The highest BCUT2D eigenvalue weighted by Crippen LogP contribution is 2.34. The number of nitrogens with zero attached hydrogens (tertiary/aromatic N) is 7. The minimum Gasteiger partial charge on any atom is -0.405 e. The third kappa shape index (κ3) is 4.25. The summed E-state index contributed by atoms with van der Waals surface area (Å²) >= 11 is 0. The summed E-state index contributed by atoms with van der Waals surface area (Å²) in [5, 5.41) is 22.4. The molecule has 0 saturated carbocycles. The Kier molecular flexibility index (Phi) is 5.92. The van der Waals surface area contributed by atoms with Crippen molar-refractivity contribution in [1.29, 1.82) is 0 Å². The number of aliphatic hydroxyl groups is 1. The molecule has 4 aromatic heterocycles. The number of aliphatic hydroxyl groups excluding tert-OH is 1. The first kappa shape index (κ1) is 23.3. The van der Waals surface area contributed by atoms with Gasteiger partial charge in [-0.2, -0.15) is 5.10 Å². The number of aromatic nitrogens is 6. The molecule has 0 radical (unpaired) electrons. The second-order valence-electron chi connectivity index (χ2n) is 9.66. The molecule has 188 valence electrons. The van der Waals surface area contributed by atoms with Crippen molar-refractivity contribution in [2.24, 2.45) is 0 Å². The van der Waals surface area contributed by atoms with Gasteiger partial charge in [0.1, 0.15) is 6.10 Å². The third-order valence-corrected chi connectivity index (χ3v) is 7.30. The predicted molar refractivity (Wildman–Crippen MR) is 140 cm³/mol. The van der Waals surface area contributed by atoms with E-state index in [1.165, 1.54) is 5.56 Å². The van der Waals surface area contributed by atoms with Gasteiger partial charge in [-0.15, -0.1) is 5.10 Å². The summed E-state index contributed by atoms with van der Waals surface area (Å²) in [6.45, 7) is 7.43. The standard InChI is InChI=1S/C28H29N7O2/c1-17-18(2)35-26(23(16-30-35)22-9-10-24(29-15-22)20-7-5-4-6-8-20)31-25(17)21-11-13-34(14-12-21)28-33-32-27(37-28)19(3)36/h4-10,15-16,19,21,36H,11-14H2,1-3H3. The summed E-state index contributed by atoms with van der Waals surface area (Å²) < 4.78 is 7.57. The maximum absolute atomic E-state index is 9.69. The van der Waals surface area contributed by atoms with Crippen molar-refractivity contribution in [1.82, 2.24) is 29.8 Å². The Hall–Kier alpha value is -4.11. The molecule has 1 aliphatic rings. The molecule has 1 aliphatic heterocycles. The highest BCUT2D eigenvalue weighted by atomic mass is 16.4. The van der Waals surface area contributed by atoms with Crippen LogP contribution in [0.25, 0.3) is 28.0 Å². The third-order valence-electron chi connectivity index (χ3n) is 7.30. The number of anilines is 1. The van der Waals surface area contributed by atoms with Crippen LogP contribution in [0.5, 0.6) is 0 Å². The second kappa shape index (κ2) is 9.40. The van der Waals surface area contributed by atoms with Gasteiger partial charge in [0, 0.05) is 47.6 Å². The van der Waals surface area contributed by atoms with Crippen LogP contribution >= 0.6 is 0 Å². The molecular weight excluding hydrogens is 466 g/mol. The average Bonchev–Trinajstić information content (AvgIpc) is 3.60. The summed E-state index contributed by atoms with van der Waals surface area (Å²) in [5.74, 6) is 0.565. The topological polar surface area (TPSA) is 105 Å². The van der Waals surface area contributed by atoms with Crippen LogP contribution in [0.1, 0.15) is 54.6 Å². The van der Waals surface area contributed by atoms with Crippen LogP contribution in [0.2, 0.25) is 0 Å². The molecule has 0 bridgehead atoms. The quantitative estimate of drug-likeness (QED) is 0.367. The van der Waals surface area contributed by atoms with Gasteiger partial charge >= 0.3 is 6.01 Å². The van der Waals surface area contributed by atoms with Gasteiger partial charge in [0.15, 0.2) is 5.65 Å². The molecule has 1 saturated heterocycles. The lowest BCUT2D eigenvalue weighted by atomic mass is 9.90. The number of piperidine rings is 1. The number of fused-ring (bicyclic) bond motifs is 1. The van der Waals surface area contributed by atoms with E-state index in [0.29, 0.717) is 11.9 Å². The van der Waals surface area contributed by atoms with Gasteiger partial charge in [0.25, 0.3) is 0 Å². The summed E-state index contributed by atoms with van der Waals surface area (Å²) in [4.78, 5) is 12.0. The zero-order valence-electron chi connectivity index (χ0n) is 21.2. The van der Waals surface area contributed by atoms with E-state index in [-0.39, 0.29) is 5.89 Å². The Morgan fingerprint density at radius 2 is 1.76 bits per heavy atom. The van der Waals surface area contributed by atoms with Crippen molar-refractivity contribution in [2.45, 2.75) is 45.6 Å². The van der Waals surface area contributed by atoms with E-state index in [2.05, 4.69) is 52.2 Å². The van der Waals surface area contributed by atoms with Crippen molar-refractivity contribution in [2.75, 3.05) is 18.0 Å². The molecule has 37 heavy (non-hydrogen) atoms. The average molecular weight is 496 g/mol. The molecule has 1 unspecified atom stereocenters. The number of hydrogen-bond acceptors (Lipinski definition) is 8. The largest absolute Gasteiger partial charge is 0.405 e. The SMILES string of the molecule is Cc1c(C2CCN(c3nnc(C(C)O)o3)CC2)nc2c(-c3ccc(-c4ccccc4)nc3)cnn2c1C. The van der Waals surface area contributed by atoms with Crippen molar-refractivity contribution in [3.05, 3.63) is 77.7 Å². The molecule has 9 heteroatoms. The lowest BCUT2D eigenvalue weighted by Crippen LogP contribution is -2.33. The smallest absolute Gasteiger partial charge is 0.318 e. The molecule has 5 aromatic rings. The van der Waals surface area contributed by atoms with Crippen LogP contribution in [-0.4, -0.2) is 48.0 Å². The molecular formula is C28H29N7O2. The Labute approximate surface area is 214 Å². The lowest BCUT2D eigenvalue weighted by molar-refractivity contribution is 0.163. The van der Waals surface area contributed by atoms with E-state index < -0.39 is 6.10 Å². The molecule has 6 rings (SSSR count).